The number of hydrogen-bond acceptors (Lipinski definition) is 6. The number of nitrogens with zero attached hydrogens (tertiary/aromatic N) is 5. The molecule has 8 nitrogen and oxygen atoms in total. The smallest absolute Gasteiger partial charge is 0.257 e. The molecule has 0 aliphatic rings. The zero-order valence-corrected chi connectivity index (χ0v) is 13.7. The third-order valence-corrected chi connectivity index (χ3v) is 3.27. The fraction of sp³-hybridized carbons (Fsp3) is 0.0625. The molecule has 3 aromatic rings. The zero-order chi connectivity index (χ0) is 17.8. The molecule has 0 fully saturated rings. The fourth-order valence-corrected chi connectivity index (χ4v) is 2.20. The van der Waals surface area contributed by atoms with Crippen molar-refractivity contribution in [2.45, 2.75) is 0 Å². The number of rotatable bonds is 4. The maximum Gasteiger partial charge on any atom is 0.257 e. The van der Waals surface area contributed by atoms with E-state index < -0.39 is 0 Å². The number of amides is 1. The second kappa shape index (κ2) is 6.98. The molecule has 25 heavy (non-hydrogen) atoms. The van der Waals surface area contributed by atoms with Gasteiger partial charge in [0.25, 0.3) is 5.91 Å². The molecule has 9 heteroatoms. The van der Waals surface area contributed by atoms with Gasteiger partial charge in [-0.2, -0.15) is 10.4 Å². The number of ether oxygens (including phenoxy) is 1. The Morgan fingerprint density at radius 3 is 2.80 bits per heavy atom. The topological polar surface area (TPSA) is 106 Å². The predicted octanol–water partition coefficient (Wildman–Crippen LogP) is 2.78. The highest BCUT2D eigenvalue weighted by atomic mass is 35.5. The van der Waals surface area contributed by atoms with Crippen molar-refractivity contribution in [3.63, 3.8) is 0 Å². The number of carbonyl (C=O) groups excluding carboxylic acids is 1. The molecule has 0 radical (unpaired) electrons. The predicted molar refractivity (Wildman–Crippen MR) is 89.4 cm³/mol. The molecule has 2 aromatic heterocycles. The molecule has 124 valence electrons. The Kier molecular flexibility index (Phi) is 4.59. The Balaban J connectivity index is 1.79. The molecule has 3 rings (SSSR count). The van der Waals surface area contributed by atoms with Gasteiger partial charge in [0.05, 0.1) is 12.4 Å². The molecular formula is C16H11ClN6O2. The lowest BCUT2D eigenvalue weighted by molar-refractivity contribution is 0.102. The van der Waals surface area contributed by atoms with Crippen LogP contribution in [0.5, 0.6) is 11.6 Å². The number of nitriles is 1. The van der Waals surface area contributed by atoms with Gasteiger partial charge in [0.15, 0.2) is 11.5 Å². The van der Waals surface area contributed by atoms with Crippen molar-refractivity contribution in [1.82, 2.24) is 19.7 Å². The van der Waals surface area contributed by atoms with E-state index in [0.717, 1.165) is 0 Å². The lowest BCUT2D eigenvalue weighted by Gasteiger charge is -2.08. The SMILES string of the molecule is Cn1ccc(NC(=O)c2cc(Cl)cc(Oc3cnc(C#N)cn3)c2)n1. The number of aryl methyl sites for hydroxylation is 1. The molecule has 0 atom stereocenters. The number of halogens is 1. The summed E-state index contributed by atoms with van der Waals surface area (Å²) in [6, 6.07) is 8.11. The van der Waals surface area contributed by atoms with Gasteiger partial charge in [-0.3, -0.25) is 9.48 Å². The van der Waals surface area contributed by atoms with E-state index >= 15 is 0 Å². The third-order valence-electron chi connectivity index (χ3n) is 3.05. The van der Waals surface area contributed by atoms with E-state index in [-0.39, 0.29) is 17.5 Å². The van der Waals surface area contributed by atoms with Crippen LogP contribution < -0.4 is 10.1 Å². The Morgan fingerprint density at radius 2 is 2.16 bits per heavy atom. The quantitative estimate of drug-likeness (QED) is 0.772. The van der Waals surface area contributed by atoms with E-state index in [1.165, 1.54) is 24.5 Å². The Morgan fingerprint density at radius 1 is 1.32 bits per heavy atom. The second-order valence-electron chi connectivity index (χ2n) is 4.96. The van der Waals surface area contributed by atoms with Crippen LogP contribution in [0.3, 0.4) is 0 Å². The van der Waals surface area contributed by atoms with Crippen LogP contribution >= 0.6 is 11.6 Å². The molecule has 0 saturated heterocycles. The normalized spacial score (nSPS) is 10.1. The maximum absolute atomic E-state index is 12.3. The number of aromatic nitrogens is 4. The minimum absolute atomic E-state index is 0.175. The minimum atomic E-state index is -0.378. The maximum atomic E-state index is 12.3. The lowest BCUT2D eigenvalue weighted by atomic mass is 10.2. The van der Waals surface area contributed by atoms with Crippen molar-refractivity contribution in [2.24, 2.45) is 7.05 Å². The van der Waals surface area contributed by atoms with E-state index in [9.17, 15) is 4.79 Å². The van der Waals surface area contributed by atoms with Crippen LogP contribution in [0.1, 0.15) is 16.1 Å². The van der Waals surface area contributed by atoms with E-state index in [2.05, 4.69) is 20.4 Å². The molecule has 0 unspecified atom stereocenters. The van der Waals surface area contributed by atoms with E-state index in [1.54, 1.807) is 30.1 Å². The van der Waals surface area contributed by atoms with Crippen molar-refractivity contribution >= 4 is 23.3 Å². The standard InChI is InChI=1S/C16H11ClN6O2/c1-23-3-2-14(22-23)21-16(24)10-4-11(17)6-13(5-10)25-15-9-19-12(7-18)8-20-15/h2-6,8-9H,1H3,(H,21,22,24). The Bertz CT molecular complexity index is 962. The van der Waals surface area contributed by atoms with Crippen molar-refractivity contribution < 1.29 is 9.53 Å². The van der Waals surface area contributed by atoms with Crippen molar-refractivity contribution in [2.75, 3.05) is 5.32 Å². The van der Waals surface area contributed by atoms with Gasteiger partial charge in [0, 0.05) is 29.9 Å². The minimum Gasteiger partial charge on any atom is -0.437 e. The van der Waals surface area contributed by atoms with Crippen LogP contribution in [0, 0.1) is 11.3 Å². The molecule has 0 aliphatic heterocycles. The highest BCUT2D eigenvalue weighted by Crippen LogP contribution is 2.25. The third kappa shape index (κ3) is 4.10. The Labute approximate surface area is 147 Å². The van der Waals surface area contributed by atoms with Gasteiger partial charge in [0.2, 0.25) is 5.88 Å². The highest BCUT2D eigenvalue weighted by molar-refractivity contribution is 6.31. The second-order valence-corrected chi connectivity index (χ2v) is 5.39. The van der Waals surface area contributed by atoms with E-state index in [0.29, 0.717) is 22.2 Å². The highest BCUT2D eigenvalue weighted by Gasteiger charge is 2.11. The van der Waals surface area contributed by atoms with Crippen LogP contribution in [0.25, 0.3) is 0 Å². The number of carbonyl (C=O) groups is 1. The van der Waals surface area contributed by atoms with Crippen molar-refractivity contribution in [3.05, 3.63) is 59.1 Å². The van der Waals surface area contributed by atoms with Gasteiger partial charge in [0.1, 0.15) is 11.8 Å². The number of benzene rings is 1. The molecule has 0 spiro atoms. The molecule has 1 N–H and O–H groups in total. The van der Waals surface area contributed by atoms with Crippen LogP contribution in [-0.4, -0.2) is 25.7 Å². The lowest BCUT2D eigenvalue weighted by Crippen LogP contribution is -2.12. The van der Waals surface area contributed by atoms with E-state index in [4.69, 9.17) is 21.6 Å². The number of nitrogens with one attached hydrogen (secondary N) is 1. The van der Waals surface area contributed by atoms with E-state index in [1.807, 2.05) is 6.07 Å². The summed E-state index contributed by atoms with van der Waals surface area (Å²) in [5, 5.41) is 15.8. The molecule has 1 aromatic carbocycles. The largest absolute Gasteiger partial charge is 0.437 e. The average molecular weight is 355 g/mol. The van der Waals surface area contributed by atoms with Gasteiger partial charge in [-0.05, 0) is 18.2 Å². The van der Waals surface area contributed by atoms with Crippen LogP contribution in [0.4, 0.5) is 5.82 Å². The van der Waals surface area contributed by atoms with Gasteiger partial charge in [-0.15, -0.1) is 0 Å². The molecule has 0 aliphatic carbocycles. The van der Waals surface area contributed by atoms with Gasteiger partial charge in [-0.1, -0.05) is 11.6 Å². The first-order valence-corrected chi connectivity index (χ1v) is 7.43. The summed E-state index contributed by atoms with van der Waals surface area (Å²) in [4.78, 5) is 20.1. The summed E-state index contributed by atoms with van der Waals surface area (Å²) in [6.07, 6.45) is 4.31. The van der Waals surface area contributed by atoms with Gasteiger partial charge < -0.3 is 10.1 Å². The first-order valence-electron chi connectivity index (χ1n) is 7.05. The van der Waals surface area contributed by atoms with Crippen molar-refractivity contribution in [1.29, 1.82) is 5.26 Å². The molecule has 0 bridgehead atoms. The monoisotopic (exact) mass is 354 g/mol. The van der Waals surface area contributed by atoms with Crippen LogP contribution in [0.2, 0.25) is 5.02 Å². The zero-order valence-electron chi connectivity index (χ0n) is 13.0. The van der Waals surface area contributed by atoms with Gasteiger partial charge >= 0.3 is 0 Å². The summed E-state index contributed by atoms with van der Waals surface area (Å²) in [7, 11) is 1.75. The summed E-state index contributed by atoms with van der Waals surface area (Å²) in [6.45, 7) is 0. The first-order chi connectivity index (χ1) is 12.0. The summed E-state index contributed by atoms with van der Waals surface area (Å²) in [5.74, 6) is 0.542. The fourth-order valence-electron chi connectivity index (χ4n) is 1.97. The molecule has 2 heterocycles. The number of anilines is 1. The first kappa shape index (κ1) is 16.4. The van der Waals surface area contributed by atoms with Crippen LogP contribution in [0.15, 0.2) is 42.9 Å². The molecular weight excluding hydrogens is 344 g/mol. The summed E-state index contributed by atoms with van der Waals surface area (Å²) in [5.41, 5.74) is 0.476. The number of hydrogen-bond donors (Lipinski definition) is 1. The molecule has 0 saturated carbocycles. The molecule has 1 amide bonds. The van der Waals surface area contributed by atoms with Gasteiger partial charge in [-0.25, -0.2) is 9.97 Å². The summed E-state index contributed by atoms with van der Waals surface area (Å²) < 4.78 is 7.11. The van der Waals surface area contributed by atoms with Crippen molar-refractivity contribution in [3.8, 4) is 17.7 Å². The Hall–Kier alpha value is -3.44. The summed E-state index contributed by atoms with van der Waals surface area (Å²) >= 11 is 6.06. The van der Waals surface area contributed by atoms with Crippen LogP contribution in [-0.2, 0) is 7.05 Å². The average Bonchev–Trinajstić information content (AvgIpc) is 3.00.